The summed E-state index contributed by atoms with van der Waals surface area (Å²) in [6, 6.07) is 3.10. The van der Waals surface area contributed by atoms with E-state index in [1.165, 1.54) is 25.7 Å². The van der Waals surface area contributed by atoms with Gasteiger partial charge in [-0.25, -0.2) is 0 Å². The number of hydrogen-bond donors (Lipinski definition) is 0. The quantitative estimate of drug-likeness (QED) is 0.477. The van der Waals surface area contributed by atoms with Gasteiger partial charge in [-0.3, -0.25) is 0 Å². The summed E-state index contributed by atoms with van der Waals surface area (Å²) in [5.41, 5.74) is 0. The first-order chi connectivity index (χ1) is 6.99. The fraction of sp³-hybridized carbons (Fsp3) is 1.00. The van der Waals surface area contributed by atoms with Crippen molar-refractivity contribution in [2.45, 2.75) is 78.6 Å². The highest BCUT2D eigenvalue weighted by Crippen LogP contribution is 2.30. The molecule has 0 atom stereocenters. The minimum atomic E-state index is -0.913. The van der Waals surface area contributed by atoms with Crippen molar-refractivity contribution < 1.29 is 0 Å². The molecule has 0 saturated carbocycles. The molecule has 0 unspecified atom stereocenters. The van der Waals surface area contributed by atoms with Crippen LogP contribution in [0.5, 0.6) is 0 Å². The van der Waals surface area contributed by atoms with Crippen LogP contribution in [-0.4, -0.2) is 8.07 Å². The maximum atomic E-state index is 2.60. The summed E-state index contributed by atoms with van der Waals surface area (Å²) in [6.45, 7) is 14.6. The molecule has 0 aromatic heterocycles. The second-order valence-corrected chi connectivity index (χ2v) is 11.1. The van der Waals surface area contributed by atoms with Gasteiger partial charge in [0.1, 0.15) is 0 Å². The molecule has 15 heavy (non-hydrogen) atoms. The topological polar surface area (TPSA) is 0 Å². The smallest absolute Gasteiger partial charge is 0.0479 e. The van der Waals surface area contributed by atoms with Crippen LogP contribution in [0.4, 0.5) is 0 Å². The van der Waals surface area contributed by atoms with Gasteiger partial charge in [0.15, 0.2) is 0 Å². The van der Waals surface area contributed by atoms with Crippen molar-refractivity contribution >= 4 is 8.07 Å². The first-order valence-corrected chi connectivity index (χ1v) is 10.4. The largest absolute Gasteiger partial charge is 0.0693 e. The Balaban J connectivity index is 4.14. The van der Waals surface area contributed by atoms with Gasteiger partial charge in [0.2, 0.25) is 0 Å². The van der Waals surface area contributed by atoms with Gasteiger partial charge in [0.05, 0.1) is 0 Å². The fourth-order valence-corrected chi connectivity index (χ4v) is 7.25. The highest BCUT2D eigenvalue weighted by molar-refractivity contribution is 6.77. The summed E-state index contributed by atoms with van der Waals surface area (Å²) >= 11 is 0. The van der Waals surface area contributed by atoms with Gasteiger partial charge in [-0.2, -0.15) is 0 Å². The molecule has 0 radical (unpaired) electrons. The molecule has 0 aliphatic rings. The maximum Gasteiger partial charge on any atom is 0.0479 e. The predicted molar refractivity (Wildman–Crippen MR) is 75.2 cm³/mol. The van der Waals surface area contributed by atoms with Crippen LogP contribution in [0.1, 0.15) is 53.4 Å². The first-order valence-electron chi connectivity index (χ1n) is 6.99. The fourth-order valence-electron chi connectivity index (χ4n) is 2.80. The van der Waals surface area contributed by atoms with E-state index in [4.69, 9.17) is 0 Å². The summed E-state index contributed by atoms with van der Waals surface area (Å²) in [7, 11) is -0.913. The predicted octanol–water partition coefficient (Wildman–Crippen LogP) is 5.57. The Kier molecular flexibility index (Phi) is 7.59. The molecule has 1 heteroatoms. The molecule has 0 N–H and O–H groups in total. The average Bonchev–Trinajstić information content (AvgIpc) is 2.22. The van der Waals surface area contributed by atoms with Gasteiger partial charge in [-0.05, 0) is 11.8 Å². The second kappa shape index (κ2) is 7.48. The van der Waals surface area contributed by atoms with Crippen molar-refractivity contribution in [3.8, 4) is 0 Å². The van der Waals surface area contributed by atoms with E-state index in [0.29, 0.717) is 0 Å². The van der Waals surface area contributed by atoms with Crippen LogP contribution in [0, 0.1) is 11.8 Å². The van der Waals surface area contributed by atoms with Crippen LogP contribution in [0.25, 0.3) is 0 Å². The van der Waals surface area contributed by atoms with E-state index in [0.717, 1.165) is 11.8 Å². The van der Waals surface area contributed by atoms with Gasteiger partial charge in [0.25, 0.3) is 0 Å². The molecule has 0 heterocycles. The highest BCUT2D eigenvalue weighted by atomic mass is 28.3. The molecule has 0 amide bonds. The van der Waals surface area contributed by atoms with Gasteiger partial charge in [0, 0.05) is 8.07 Å². The zero-order chi connectivity index (χ0) is 11.9. The van der Waals surface area contributed by atoms with Crippen molar-refractivity contribution in [3.63, 3.8) is 0 Å². The summed E-state index contributed by atoms with van der Waals surface area (Å²) in [6.07, 6.45) is 5.54. The van der Waals surface area contributed by atoms with Crippen molar-refractivity contribution in [3.05, 3.63) is 0 Å². The van der Waals surface area contributed by atoms with E-state index in [1.54, 1.807) is 12.1 Å². The van der Waals surface area contributed by atoms with Crippen LogP contribution in [-0.2, 0) is 0 Å². The Morgan fingerprint density at radius 2 is 0.933 bits per heavy atom. The zero-order valence-corrected chi connectivity index (χ0v) is 12.9. The monoisotopic (exact) mass is 228 g/mol. The van der Waals surface area contributed by atoms with E-state index >= 15 is 0 Å². The molecule has 92 valence electrons. The van der Waals surface area contributed by atoms with Crippen LogP contribution in [0.3, 0.4) is 0 Å². The van der Waals surface area contributed by atoms with Gasteiger partial charge < -0.3 is 0 Å². The average molecular weight is 228 g/mol. The molecular formula is C14H32Si. The van der Waals surface area contributed by atoms with E-state index in [-0.39, 0.29) is 0 Å². The molecule has 0 nitrogen and oxygen atoms in total. The van der Waals surface area contributed by atoms with Crippen molar-refractivity contribution in [2.75, 3.05) is 0 Å². The zero-order valence-electron chi connectivity index (χ0n) is 11.9. The SMILES string of the molecule is CCC(CC)C[Si](C)(C)CC(CC)CC. The summed E-state index contributed by atoms with van der Waals surface area (Å²) in [5.74, 6) is 2.00. The lowest BCUT2D eigenvalue weighted by molar-refractivity contribution is 0.511. The summed E-state index contributed by atoms with van der Waals surface area (Å²) < 4.78 is 0. The van der Waals surface area contributed by atoms with E-state index in [2.05, 4.69) is 40.8 Å². The molecule has 0 saturated heterocycles. The van der Waals surface area contributed by atoms with Crippen LogP contribution in [0.2, 0.25) is 25.2 Å². The minimum Gasteiger partial charge on any atom is -0.0693 e. The van der Waals surface area contributed by atoms with Crippen molar-refractivity contribution in [2.24, 2.45) is 11.8 Å². The van der Waals surface area contributed by atoms with Gasteiger partial charge >= 0.3 is 0 Å². The number of hydrogen-bond acceptors (Lipinski definition) is 0. The Bertz CT molecular complexity index is 127. The molecular weight excluding hydrogens is 196 g/mol. The lowest BCUT2D eigenvalue weighted by Gasteiger charge is -2.30. The Hall–Kier alpha value is 0.217. The Labute approximate surface area is 98.9 Å². The standard InChI is InChI=1S/C14H32Si/c1-7-13(8-2)11-15(5,6)12-14(9-3)10-4/h13-14H,7-12H2,1-6H3. The third kappa shape index (κ3) is 6.39. The Morgan fingerprint density at radius 3 is 1.13 bits per heavy atom. The molecule has 0 aromatic rings. The molecule has 0 fully saturated rings. The van der Waals surface area contributed by atoms with E-state index in [1.807, 2.05) is 0 Å². The molecule has 0 bridgehead atoms. The molecule has 0 aromatic carbocycles. The normalized spacial score (nSPS) is 12.8. The first kappa shape index (κ1) is 15.2. The summed E-state index contributed by atoms with van der Waals surface area (Å²) in [5, 5.41) is 0. The van der Waals surface area contributed by atoms with Crippen molar-refractivity contribution in [1.29, 1.82) is 0 Å². The van der Waals surface area contributed by atoms with Crippen LogP contribution in [0.15, 0.2) is 0 Å². The lowest BCUT2D eigenvalue weighted by atomic mass is 10.1. The lowest BCUT2D eigenvalue weighted by Crippen LogP contribution is -2.30. The molecule has 0 aliphatic heterocycles. The van der Waals surface area contributed by atoms with Crippen molar-refractivity contribution in [1.82, 2.24) is 0 Å². The molecule has 0 rings (SSSR count). The molecule has 0 spiro atoms. The summed E-state index contributed by atoms with van der Waals surface area (Å²) in [4.78, 5) is 0. The number of rotatable bonds is 8. The highest BCUT2D eigenvalue weighted by Gasteiger charge is 2.26. The second-order valence-electron chi connectivity index (χ2n) is 5.94. The Morgan fingerprint density at radius 1 is 0.667 bits per heavy atom. The van der Waals surface area contributed by atoms with Gasteiger partial charge in [-0.15, -0.1) is 0 Å². The third-order valence-electron chi connectivity index (χ3n) is 3.99. The van der Waals surface area contributed by atoms with Crippen LogP contribution >= 0.6 is 0 Å². The van der Waals surface area contributed by atoms with E-state index in [9.17, 15) is 0 Å². The minimum absolute atomic E-state index is 0.913. The third-order valence-corrected chi connectivity index (χ3v) is 7.36. The maximum absolute atomic E-state index is 2.60. The van der Waals surface area contributed by atoms with Gasteiger partial charge in [-0.1, -0.05) is 78.6 Å². The molecule has 0 aliphatic carbocycles. The van der Waals surface area contributed by atoms with E-state index < -0.39 is 8.07 Å². The van der Waals surface area contributed by atoms with Crippen LogP contribution < -0.4 is 0 Å².